The Morgan fingerprint density at radius 2 is 2.08 bits per heavy atom. The summed E-state index contributed by atoms with van der Waals surface area (Å²) in [4.78, 5) is 0. The highest BCUT2D eigenvalue weighted by atomic mass is 32.1. The third-order valence-electron chi connectivity index (χ3n) is 1.59. The summed E-state index contributed by atoms with van der Waals surface area (Å²) in [5, 5.41) is 2.75. The molecule has 0 N–H and O–H groups in total. The molecule has 1 heteroatoms. The van der Waals surface area contributed by atoms with Crippen molar-refractivity contribution < 1.29 is 0 Å². The van der Waals surface area contributed by atoms with E-state index in [2.05, 4.69) is 11.6 Å². The van der Waals surface area contributed by atoms with Crippen LogP contribution in [0.15, 0.2) is 43.0 Å². The van der Waals surface area contributed by atoms with Gasteiger partial charge in [0, 0.05) is 5.57 Å². The highest BCUT2D eigenvalue weighted by Crippen LogP contribution is 2.14. The highest BCUT2D eigenvalue weighted by Gasteiger charge is 1.96. The molecule has 1 rings (SSSR count). The van der Waals surface area contributed by atoms with Gasteiger partial charge in [-0.2, -0.15) is 0 Å². The van der Waals surface area contributed by atoms with E-state index in [1.165, 1.54) is 0 Å². The Kier molecular flexibility index (Phi) is 3.46. The van der Waals surface area contributed by atoms with E-state index in [9.17, 15) is 0 Å². The van der Waals surface area contributed by atoms with Crippen LogP contribution < -0.4 is 0 Å². The molecule has 0 aliphatic carbocycles. The molecule has 0 fully saturated rings. The quantitative estimate of drug-likeness (QED) is 0.500. The largest absolute Gasteiger partial charge is 0.103 e. The smallest absolute Gasteiger partial charge is 0.0165 e. The molecule has 12 heavy (non-hydrogen) atoms. The Morgan fingerprint density at radius 1 is 1.42 bits per heavy atom. The van der Waals surface area contributed by atoms with Crippen molar-refractivity contribution in [1.29, 1.82) is 0 Å². The summed E-state index contributed by atoms with van der Waals surface area (Å²) >= 11 is 4.79. The summed E-state index contributed by atoms with van der Waals surface area (Å²) in [5.74, 6) is 0. The van der Waals surface area contributed by atoms with E-state index in [0.29, 0.717) is 0 Å². The van der Waals surface area contributed by atoms with Crippen molar-refractivity contribution in [2.75, 3.05) is 0 Å². The second-order valence-corrected chi connectivity index (χ2v) is 2.64. The summed E-state index contributed by atoms with van der Waals surface area (Å²) in [6.07, 6.45) is 2.62. The lowest BCUT2D eigenvalue weighted by Crippen LogP contribution is -1.81. The Balaban J connectivity index is 2.96. The zero-order valence-corrected chi connectivity index (χ0v) is 7.60. The van der Waals surface area contributed by atoms with Crippen LogP contribution in [0.1, 0.15) is 12.0 Å². The van der Waals surface area contributed by atoms with Gasteiger partial charge in [0.2, 0.25) is 0 Å². The van der Waals surface area contributed by atoms with Crippen LogP contribution in [0.25, 0.3) is 5.57 Å². The minimum absolute atomic E-state index is 0.785. The molecule has 0 aliphatic rings. The number of benzene rings is 1. The number of hydrogen-bond donors (Lipinski definition) is 0. The molecule has 0 atom stereocenters. The maximum atomic E-state index is 4.79. The van der Waals surface area contributed by atoms with Gasteiger partial charge in [-0.3, -0.25) is 0 Å². The van der Waals surface area contributed by atoms with Gasteiger partial charge in [-0.25, -0.2) is 0 Å². The fourth-order valence-corrected chi connectivity index (χ4v) is 1.20. The minimum atomic E-state index is 0.785. The number of hydrogen-bond acceptors (Lipinski definition) is 1. The van der Waals surface area contributed by atoms with E-state index in [0.717, 1.165) is 17.6 Å². The van der Waals surface area contributed by atoms with Gasteiger partial charge in [-0.1, -0.05) is 36.4 Å². The summed E-state index contributed by atoms with van der Waals surface area (Å²) in [6.45, 7) is 3.67. The van der Waals surface area contributed by atoms with E-state index in [1.807, 2.05) is 36.4 Å². The highest BCUT2D eigenvalue weighted by molar-refractivity contribution is 7.78. The standard InChI is InChI=1S/C11H10S/c1-2-6-11(9-12)10-7-4-3-5-8-10/h2-5,7-8H,1,6H2. The third kappa shape index (κ3) is 2.16. The second kappa shape index (κ2) is 4.66. The van der Waals surface area contributed by atoms with Crippen LogP contribution in [0.2, 0.25) is 0 Å². The molecule has 0 saturated carbocycles. The molecule has 0 saturated heterocycles. The van der Waals surface area contributed by atoms with Gasteiger partial charge >= 0.3 is 0 Å². The van der Waals surface area contributed by atoms with Crippen LogP contribution >= 0.6 is 12.2 Å². The van der Waals surface area contributed by atoms with Gasteiger partial charge in [0.1, 0.15) is 0 Å². The van der Waals surface area contributed by atoms with Crippen molar-refractivity contribution in [1.82, 2.24) is 0 Å². The van der Waals surface area contributed by atoms with Crippen LogP contribution in [0, 0.1) is 0 Å². The monoisotopic (exact) mass is 174 g/mol. The Hall–Kier alpha value is -1.17. The number of allylic oxidation sites excluding steroid dienone is 2. The van der Waals surface area contributed by atoms with Crippen LogP contribution in [0.3, 0.4) is 0 Å². The van der Waals surface area contributed by atoms with Gasteiger partial charge in [0.05, 0.1) is 0 Å². The SMILES string of the molecule is C=CCC(=C=S)c1ccccc1. The Bertz CT molecular complexity index is 305. The molecule has 0 nitrogen and oxygen atoms in total. The maximum Gasteiger partial charge on any atom is 0.0165 e. The first kappa shape index (κ1) is 8.92. The lowest BCUT2D eigenvalue weighted by molar-refractivity contribution is 1.42. The van der Waals surface area contributed by atoms with Crippen molar-refractivity contribution in [3.05, 3.63) is 48.6 Å². The molecular formula is C11H10S. The molecule has 0 spiro atoms. The zero-order chi connectivity index (χ0) is 8.81. The Morgan fingerprint density at radius 3 is 2.58 bits per heavy atom. The number of rotatable bonds is 3. The molecule has 0 aromatic heterocycles. The topological polar surface area (TPSA) is 0 Å². The predicted molar refractivity (Wildman–Crippen MR) is 57.3 cm³/mol. The fourth-order valence-electron chi connectivity index (χ4n) is 1.00. The second-order valence-electron chi connectivity index (χ2n) is 2.44. The van der Waals surface area contributed by atoms with Crippen molar-refractivity contribution in [3.63, 3.8) is 0 Å². The number of thiocarbonyl (C=S) groups is 1. The average molecular weight is 174 g/mol. The van der Waals surface area contributed by atoms with Crippen molar-refractivity contribution in [2.45, 2.75) is 6.42 Å². The summed E-state index contributed by atoms with van der Waals surface area (Å²) < 4.78 is 0. The third-order valence-corrected chi connectivity index (χ3v) is 1.84. The zero-order valence-electron chi connectivity index (χ0n) is 6.79. The molecule has 0 amide bonds. The summed E-state index contributed by atoms with van der Waals surface area (Å²) in [7, 11) is 0. The van der Waals surface area contributed by atoms with Crippen molar-refractivity contribution in [2.24, 2.45) is 0 Å². The van der Waals surface area contributed by atoms with Gasteiger partial charge in [0.15, 0.2) is 0 Å². The van der Waals surface area contributed by atoms with Gasteiger partial charge < -0.3 is 0 Å². The van der Waals surface area contributed by atoms with E-state index in [4.69, 9.17) is 12.2 Å². The van der Waals surface area contributed by atoms with Crippen LogP contribution in [0.5, 0.6) is 0 Å². The molecule has 1 aromatic rings. The molecule has 0 radical (unpaired) electrons. The van der Waals surface area contributed by atoms with E-state index >= 15 is 0 Å². The first-order valence-corrected chi connectivity index (χ1v) is 4.19. The van der Waals surface area contributed by atoms with E-state index < -0.39 is 0 Å². The Labute approximate surface area is 78.2 Å². The molecule has 60 valence electrons. The molecular weight excluding hydrogens is 164 g/mol. The molecule has 0 bridgehead atoms. The molecule has 0 unspecified atom stereocenters. The average Bonchev–Trinajstić information content (AvgIpc) is 2.15. The van der Waals surface area contributed by atoms with Gasteiger partial charge in [-0.05, 0) is 29.2 Å². The molecule has 0 heterocycles. The minimum Gasteiger partial charge on any atom is -0.103 e. The van der Waals surface area contributed by atoms with Crippen LogP contribution in [0.4, 0.5) is 0 Å². The van der Waals surface area contributed by atoms with E-state index in [1.54, 1.807) is 0 Å². The summed E-state index contributed by atoms with van der Waals surface area (Å²) in [6, 6.07) is 10.0. The van der Waals surface area contributed by atoms with Crippen molar-refractivity contribution in [3.8, 4) is 0 Å². The lowest BCUT2D eigenvalue weighted by atomic mass is 10.1. The maximum absolute atomic E-state index is 4.79. The lowest BCUT2D eigenvalue weighted by Gasteiger charge is -1.99. The van der Waals surface area contributed by atoms with E-state index in [-0.39, 0.29) is 0 Å². The first-order chi connectivity index (χ1) is 5.88. The fraction of sp³-hybridized carbons (Fsp3) is 0.0909. The van der Waals surface area contributed by atoms with Crippen LogP contribution in [-0.2, 0) is 0 Å². The predicted octanol–water partition coefficient (Wildman–Crippen LogP) is 3.24. The molecule has 0 aliphatic heterocycles. The normalized spacial score (nSPS) is 8.67. The van der Waals surface area contributed by atoms with Gasteiger partial charge in [0.25, 0.3) is 0 Å². The van der Waals surface area contributed by atoms with Gasteiger partial charge in [-0.15, -0.1) is 6.58 Å². The van der Waals surface area contributed by atoms with Crippen LogP contribution in [-0.4, -0.2) is 5.02 Å². The summed E-state index contributed by atoms with van der Waals surface area (Å²) in [5.41, 5.74) is 2.16. The molecule has 1 aromatic carbocycles. The van der Waals surface area contributed by atoms with Crippen molar-refractivity contribution >= 4 is 22.8 Å². The first-order valence-electron chi connectivity index (χ1n) is 3.78.